The van der Waals surface area contributed by atoms with Crippen molar-refractivity contribution < 1.29 is 23.1 Å². The molecule has 1 aromatic heterocycles. The molecule has 158 valence electrons. The van der Waals surface area contributed by atoms with E-state index in [2.05, 4.69) is 4.72 Å². The first-order chi connectivity index (χ1) is 13.7. The average Bonchev–Trinajstić information content (AvgIpc) is 3.36. The predicted octanol–water partition coefficient (Wildman–Crippen LogP) is 2.70. The molecule has 29 heavy (non-hydrogen) atoms. The van der Waals surface area contributed by atoms with E-state index in [9.17, 15) is 18.3 Å². The Hall–Kier alpha value is -1.94. The standard InChI is InChI=1S/C20H26N2O5S2/c1-13(23)17-7-8-18(28-17)20(9-3-4-10-20)12-22-29(25,26)14-5-6-16(27-2)15(11-14)19(21)24/h5-8,11,13,22-23H,3-4,9-10,12H2,1-2H3,(H2,21,24). The summed E-state index contributed by atoms with van der Waals surface area (Å²) in [5.41, 5.74) is 5.08. The number of rotatable bonds is 8. The molecule has 1 fully saturated rings. The van der Waals surface area contributed by atoms with E-state index in [-0.39, 0.29) is 28.2 Å². The summed E-state index contributed by atoms with van der Waals surface area (Å²) in [5.74, 6) is -0.525. The van der Waals surface area contributed by atoms with Crippen LogP contribution >= 0.6 is 11.3 Å². The van der Waals surface area contributed by atoms with Crippen molar-refractivity contribution in [3.63, 3.8) is 0 Å². The molecule has 3 rings (SSSR count). The van der Waals surface area contributed by atoms with E-state index in [1.54, 1.807) is 6.92 Å². The van der Waals surface area contributed by atoms with Crippen LogP contribution in [0.15, 0.2) is 35.2 Å². The first-order valence-corrected chi connectivity index (χ1v) is 11.7. The van der Waals surface area contributed by atoms with Gasteiger partial charge in [-0.25, -0.2) is 13.1 Å². The molecule has 2 aromatic rings. The number of amides is 1. The van der Waals surface area contributed by atoms with Gasteiger partial charge in [-0.15, -0.1) is 11.3 Å². The summed E-state index contributed by atoms with van der Waals surface area (Å²) in [6, 6.07) is 7.95. The lowest BCUT2D eigenvalue weighted by Gasteiger charge is -2.28. The fourth-order valence-corrected chi connectivity index (χ4v) is 6.13. The van der Waals surface area contributed by atoms with Crippen LogP contribution in [-0.4, -0.2) is 33.1 Å². The summed E-state index contributed by atoms with van der Waals surface area (Å²) in [7, 11) is -2.45. The molecular weight excluding hydrogens is 412 g/mol. The molecule has 1 aromatic carbocycles. The number of ether oxygens (including phenoxy) is 1. The Kier molecular flexibility index (Phi) is 6.33. The molecule has 0 spiro atoms. The number of carbonyl (C=O) groups is 1. The number of primary amides is 1. The highest BCUT2D eigenvalue weighted by Gasteiger charge is 2.38. The van der Waals surface area contributed by atoms with Crippen molar-refractivity contribution in [1.82, 2.24) is 4.72 Å². The van der Waals surface area contributed by atoms with E-state index < -0.39 is 22.0 Å². The third-order valence-electron chi connectivity index (χ3n) is 5.47. The minimum atomic E-state index is -3.84. The zero-order valence-electron chi connectivity index (χ0n) is 16.5. The van der Waals surface area contributed by atoms with Gasteiger partial charge < -0.3 is 15.6 Å². The van der Waals surface area contributed by atoms with Crippen LogP contribution in [-0.2, 0) is 15.4 Å². The van der Waals surface area contributed by atoms with Crippen molar-refractivity contribution in [2.24, 2.45) is 5.73 Å². The van der Waals surface area contributed by atoms with E-state index >= 15 is 0 Å². The van der Waals surface area contributed by atoms with Crippen LogP contribution in [0.4, 0.5) is 0 Å². The Morgan fingerprint density at radius 2 is 2.00 bits per heavy atom. The lowest BCUT2D eigenvalue weighted by atomic mass is 9.85. The summed E-state index contributed by atoms with van der Waals surface area (Å²) in [5, 5.41) is 9.84. The molecule has 7 nitrogen and oxygen atoms in total. The van der Waals surface area contributed by atoms with Crippen LogP contribution in [0.25, 0.3) is 0 Å². The molecule has 1 aliphatic rings. The number of methoxy groups -OCH3 is 1. The van der Waals surface area contributed by atoms with Crippen molar-refractivity contribution in [2.45, 2.75) is 49.0 Å². The van der Waals surface area contributed by atoms with E-state index in [0.29, 0.717) is 0 Å². The molecule has 9 heteroatoms. The monoisotopic (exact) mass is 438 g/mol. The van der Waals surface area contributed by atoms with Crippen LogP contribution in [0.3, 0.4) is 0 Å². The van der Waals surface area contributed by atoms with Gasteiger partial charge in [-0.2, -0.15) is 0 Å². The maximum Gasteiger partial charge on any atom is 0.252 e. The van der Waals surface area contributed by atoms with Crippen LogP contribution in [0, 0.1) is 0 Å². The van der Waals surface area contributed by atoms with Gasteiger partial charge in [-0.3, -0.25) is 4.79 Å². The number of hydrogen-bond acceptors (Lipinski definition) is 6. The number of nitrogens with one attached hydrogen (secondary N) is 1. The molecule has 0 aliphatic heterocycles. The normalized spacial score (nSPS) is 17.2. The number of benzene rings is 1. The van der Waals surface area contributed by atoms with Gasteiger partial charge in [-0.1, -0.05) is 12.8 Å². The van der Waals surface area contributed by atoms with Gasteiger partial charge in [0.15, 0.2) is 0 Å². The smallest absolute Gasteiger partial charge is 0.252 e. The topological polar surface area (TPSA) is 119 Å². The van der Waals surface area contributed by atoms with Gasteiger partial charge in [0, 0.05) is 21.7 Å². The fraction of sp³-hybridized carbons (Fsp3) is 0.450. The predicted molar refractivity (Wildman–Crippen MR) is 112 cm³/mol. The molecule has 1 atom stereocenters. The first kappa shape index (κ1) is 21.8. The molecule has 1 saturated carbocycles. The van der Waals surface area contributed by atoms with Gasteiger partial charge in [-0.05, 0) is 50.1 Å². The molecule has 1 amide bonds. The van der Waals surface area contributed by atoms with Crippen LogP contribution < -0.4 is 15.2 Å². The van der Waals surface area contributed by atoms with Crippen LogP contribution in [0.1, 0.15) is 58.8 Å². The molecule has 4 N–H and O–H groups in total. The molecule has 1 aliphatic carbocycles. The molecule has 0 bridgehead atoms. The molecular formula is C20H26N2O5S2. The molecule has 0 saturated heterocycles. The summed E-state index contributed by atoms with van der Waals surface area (Å²) >= 11 is 1.53. The fourth-order valence-electron chi connectivity index (χ4n) is 3.79. The zero-order chi connectivity index (χ0) is 21.2. The maximum absolute atomic E-state index is 12.9. The van der Waals surface area contributed by atoms with Crippen molar-refractivity contribution in [2.75, 3.05) is 13.7 Å². The Morgan fingerprint density at radius 1 is 1.31 bits per heavy atom. The average molecular weight is 439 g/mol. The highest BCUT2D eigenvalue weighted by molar-refractivity contribution is 7.89. The van der Waals surface area contributed by atoms with Crippen molar-refractivity contribution in [1.29, 1.82) is 0 Å². The number of sulfonamides is 1. The summed E-state index contributed by atoms with van der Waals surface area (Å²) in [6.45, 7) is 1.98. The summed E-state index contributed by atoms with van der Waals surface area (Å²) in [6.07, 6.45) is 3.26. The Labute approximate surface area is 174 Å². The SMILES string of the molecule is COc1ccc(S(=O)(=O)NCC2(c3ccc(C(C)O)s3)CCCC2)cc1C(N)=O. The Balaban J connectivity index is 1.86. The van der Waals surface area contributed by atoms with Crippen LogP contribution in [0.5, 0.6) is 5.75 Å². The Bertz CT molecular complexity index is 992. The van der Waals surface area contributed by atoms with E-state index in [0.717, 1.165) is 35.4 Å². The lowest BCUT2D eigenvalue weighted by molar-refractivity contribution is 0.0997. The highest BCUT2D eigenvalue weighted by Crippen LogP contribution is 2.44. The number of hydrogen-bond donors (Lipinski definition) is 3. The number of carbonyl (C=O) groups excluding carboxylic acids is 1. The van der Waals surface area contributed by atoms with E-state index in [1.165, 1.54) is 36.6 Å². The van der Waals surface area contributed by atoms with Gasteiger partial charge in [0.25, 0.3) is 5.91 Å². The van der Waals surface area contributed by atoms with Crippen LogP contribution in [0.2, 0.25) is 0 Å². The minimum Gasteiger partial charge on any atom is -0.496 e. The van der Waals surface area contributed by atoms with Gasteiger partial charge >= 0.3 is 0 Å². The maximum atomic E-state index is 12.9. The number of thiophene rings is 1. The van der Waals surface area contributed by atoms with E-state index in [4.69, 9.17) is 10.5 Å². The van der Waals surface area contributed by atoms with Gasteiger partial charge in [0.1, 0.15) is 5.75 Å². The van der Waals surface area contributed by atoms with Gasteiger partial charge in [0.05, 0.1) is 23.7 Å². The summed E-state index contributed by atoms with van der Waals surface area (Å²) in [4.78, 5) is 13.6. The third-order valence-corrected chi connectivity index (χ3v) is 8.37. The van der Waals surface area contributed by atoms with Crippen molar-refractivity contribution >= 4 is 27.3 Å². The Morgan fingerprint density at radius 3 is 2.55 bits per heavy atom. The quantitative estimate of drug-likeness (QED) is 0.585. The minimum absolute atomic E-state index is 0.0192. The third kappa shape index (κ3) is 4.48. The second-order valence-electron chi connectivity index (χ2n) is 7.42. The molecule has 0 radical (unpaired) electrons. The van der Waals surface area contributed by atoms with Gasteiger partial charge in [0.2, 0.25) is 10.0 Å². The van der Waals surface area contributed by atoms with E-state index in [1.807, 2.05) is 12.1 Å². The second-order valence-corrected chi connectivity index (χ2v) is 10.3. The lowest BCUT2D eigenvalue weighted by Crippen LogP contribution is -2.38. The zero-order valence-corrected chi connectivity index (χ0v) is 18.1. The number of nitrogens with two attached hydrogens (primary N) is 1. The number of aliphatic hydroxyl groups excluding tert-OH is 1. The highest BCUT2D eigenvalue weighted by atomic mass is 32.2. The molecule has 1 unspecified atom stereocenters. The second kappa shape index (κ2) is 8.43. The van der Waals surface area contributed by atoms with Crippen molar-refractivity contribution in [3.05, 3.63) is 45.6 Å². The number of aliphatic hydroxyl groups is 1. The summed E-state index contributed by atoms with van der Waals surface area (Å²) < 4.78 is 33.6. The first-order valence-electron chi connectivity index (χ1n) is 9.44. The van der Waals surface area contributed by atoms with Crippen molar-refractivity contribution in [3.8, 4) is 5.75 Å². The largest absolute Gasteiger partial charge is 0.496 e. The molecule has 1 heterocycles.